The highest BCUT2D eigenvalue weighted by molar-refractivity contribution is 5.33. The molecule has 2 aliphatic rings. The van der Waals surface area contributed by atoms with Crippen molar-refractivity contribution in [1.29, 1.82) is 0 Å². The van der Waals surface area contributed by atoms with Crippen LogP contribution < -0.4 is 0 Å². The van der Waals surface area contributed by atoms with Crippen LogP contribution in [0.1, 0.15) is 55.7 Å². The largest absolute Gasteiger partial charge is 0.385 e. The second-order valence-electron chi connectivity index (χ2n) is 7.02. The molecule has 1 saturated heterocycles. The molecule has 0 radical (unpaired) electrons. The van der Waals surface area contributed by atoms with E-state index in [1.165, 1.54) is 30.4 Å². The van der Waals surface area contributed by atoms with Crippen LogP contribution in [-0.4, -0.2) is 17.3 Å². The van der Waals surface area contributed by atoms with Crippen LogP contribution in [-0.2, 0) is 10.3 Å². The number of aliphatic hydroxyl groups is 1. The molecule has 2 atom stereocenters. The van der Waals surface area contributed by atoms with E-state index in [1.54, 1.807) is 0 Å². The molecule has 0 aromatic heterocycles. The summed E-state index contributed by atoms with van der Waals surface area (Å²) in [6.45, 7) is 7.02. The number of rotatable bonds is 2. The topological polar surface area (TPSA) is 29.5 Å². The molecular weight excluding hydrogens is 248 g/mol. The molecule has 2 heteroatoms. The van der Waals surface area contributed by atoms with Crippen molar-refractivity contribution >= 4 is 0 Å². The molecule has 0 bridgehead atoms. The maximum atomic E-state index is 11.1. The first-order valence-electron chi connectivity index (χ1n) is 7.87. The van der Waals surface area contributed by atoms with E-state index < -0.39 is 5.60 Å². The maximum Gasteiger partial charge on any atom is 0.0898 e. The zero-order valence-electron chi connectivity index (χ0n) is 12.9. The maximum absolute atomic E-state index is 11.1. The van der Waals surface area contributed by atoms with E-state index in [4.69, 9.17) is 4.74 Å². The fourth-order valence-electron chi connectivity index (χ4n) is 3.72. The van der Waals surface area contributed by atoms with Gasteiger partial charge in [0.2, 0.25) is 0 Å². The molecule has 2 fully saturated rings. The van der Waals surface area contributed by atoms with Crippen LogP contribution in [0.15, 0.2) is 18.2 Å². The van der Waals surface area contributed by atoms with Crippen molar-refractivity contribution in [3.63, 3.8) is 0 Å². The van der Waals surface area contributed by atoms with Crippen LogP contribution >= 0.6 is 0 Å². The molecule has 110 valence electrons. The molecule has 1 aliphatic heterocycles. The summed E-state index contributed by atoms with van der Waals surface area (Å²) in [6, 6.07) is 6.36. The Hall–Kier alpha value is -0.860. The first-order valence-corrected chi connectivity index (χ1v) is 7.87. The number of ether oxygens (including phenoxy) is 1. The van der Waals surface area contributed by atoms with E-state index in [1.807, 2.05) is 6.92 Å². The van der Waals surface area contributed by atoms with Gasteiger partial charge < -0.3 is 9.84 Å². The molecule has 1 spiro atoms. The van der Waals surface area contributed by atoms with Gasteiger partial charge in [-0.25, -0.2) is 0 Å². The van der Waals surface area contributed by atoms with Crippen LogP contribution in [0, 0.1) is 19.8 Å². The van der Waals surface area contributed by atoms with Crippen LogP contribution in [0.5, 0.6) is 0 Å². The normalized spacial score (nSPS) is 27.9. The number of hydrogen-bond acceptors (Lipinski definition) is 2. The first-order chi connectivity index (χ1) is 9.43. The Morgan fingerprint density at radius 3 is 2.60 bits per heavy atom. The summed E-state index contributed by atoms with van der Waals surface area (Å²) in [5.41, 5.74) is 2.94. The van der Waals surface area contributed by atoms with E-state index in [2.05, 4.69) is 32.0 Å². The minimum absolute atomic E-state index is 0.0899. The van der Waals surface area contributed by atoms with E-state index in [0.29, 0.717) is 5.92 Å². The van der Waals surface area contributed by atoms with Crippen molar-refractivity contribution < 1.29 is 9.84 Å². The van der Waals surface area contributed by atoms with Crippen LogP contribution in [0.25, 0.3) is 0 Å². The second-order valence-corrected chi connectivity index (χ2v) is 7.02. The zero-order chi connectivity index (χ0) is 14.4. The Morgan fingerprint density at radius 1 is 1.25 bits per heavy atom. The molecule has 1 aliphatic carbocycles. The van der Waals surface area contributed by atoms with Crippen molar-refractivity contribution in [2.45, 2.75) is 64.1 Å². The Labute approximate surface area is 122 Å². The van der Waals surface area contributed by atoms with E-state index in [9.17, 15) is 5.11 Å². The summed E-state index contributed by atoms with van der Waals surface area (Å²) in [4.78, 5) is 0. The van der Waals surface area contributed by atoms with Gasteiger partial charge in [0.1, 0.15) is 0 Å². The first kappa shape index (κ1) is 14.1. The van der Waals surface area contributed by atoms with Crippen LogP contribution in [0.4, 0.5) is 0 Å². The molecule has 2 unspecified atom stereocenters. The Morgan fingerprint density at radius 2 is 2.00 bits per heavy atom. The highest BCUT2D eigenvalue weighted by atomic mass is 16.5. The zero-order valence-corrected chi connectivity index (χ0v) is 12.9. The lowest BCUT2D eigenvalue weighted by Gasteiger charge is -2.50. The van der Waals surface area contributed by atoms with Gasteiger partial charge in [-0.3, -0.25) is 0 Å². The van der Waals surface area contributed by atoms with E-state index in [-0.39, 0.29) is 5.60 Å². The lowest BCUT2D eigenvalue weighted by atomic mass is 9.67. The van der Waals surface area contributed by atoms with Gasteiger partial charge in [0, 0.05) is 6.61 Å². The Kier molecular flexibility index (Phi) is 3.42. The van der Waals surface area contributed by atoms with Gasteiger partial charge in [-0.05, 0) is 75.5 Å². The van der Waals surface area contributed by atoms with Gasteiger partial charge in [0.15, 0.2) is 0 Å². The van der Waals surface area contributed by atoms with Crippen molar-refractivity contribution in [1.82, 2.24) is 0 Å². The standard InChI is InChI=1S/C18H26O2/c1-13-5-6-15(11-14(13)2)17(3,19)16-7-10-20-18(12-16)8-4-9-18/h5-6,11,16,19H,4,7-10,12H2,1-3H3. The van der Waals surface area contributed by atoms with Crippen LogP contribution in [0.3, 0.4) is 0 Å². The second kappa shape index (κ2) is 4.85. The summed E-state index contributed by atoms with van der Waals surface area (Å²) >= 11 is 0. The molecular formula is C18H26O2. The third-order valence-electron chi connectivity index (χ3n) is 5.64. The summed E-state index contributed by atoms with van der Waals surface area (Å²) in [5.74, 6) is 0.304. The molecule has 0 amide bonds. The van der Waals surface area contributed by atoms with Gasteiger partial charge >= 0.3 is 0 Å². The van der Waals surface area contributed by atoms with Gasteiger partial charge in [-0.2, -0.15) is 0 Å². The average molecular weight is 274 g/mol. The fourth-order valence-corrected chi connectivity index (χ4v) is 3.72. The third kappa shape index (κ3) is 2.29. The van der Waals surface area contributed by atoms with Gasteiger partial charge in [0.05, 0.1) is 11.2 Å². The van der Waals surface area contributed by atoms with Crippen molar-refractivity contribution in [3.8, 4) is 0 Å². The number of hydrogen-bond donors (Lipinski definition) is 1. The molecule has 1 aromatic rings. The number of aryl methyl sites for hydroxylation is 2. The molecule has 2 nitrogen and oxygen atoms in total. The molecule has 3 rings (SSSR count). The van der Waals surface area contributed by atoms with E-state index in [0.717, 1.165) is 25.0 Å². The Bertz CT molecular complexity index is 500. The molecule has 1 aromatic carbocycles. The molecule has 1 N–H and O–H groups in total. The summed E-state index contributed by atoms with van der Waals surface area (Å²) in [6.07, 6.45) is 5.59. The minimum atomic E-state index is -0.745. The Balaban J connectivity index is 1.84. The number of benzene rings is 1. The quantitative estimate of drug-likeness (QED) is 0.887. The summed E-state index contributed by atoms with van der Waals surface area (Å²) < 4.78 is 5.99. The SMILES string of the molecule is Cc1ccc(C(C)(O)C2CCOC3(CCC3)C2)cc1C. The van der Waals surface area contributed by atoms with Crippen molar-refractivity contribution in [2.24, 2.45) is 5.92 Å². The van der Waals surface area contributed by atoms with Crippen LogP contribution in [0.2, 0.25) is 0 Å². The smallest absolute Gasteiger partial charge is 0.0898 e. The minimum Gasteiger partial charge on any atom is -0.385 e. The van der Waals surface area contributed by atoms with Gasteiger partial charge in [0.25, 0.3) is 0 Å². The molecule has 1 heterocycles. The molecule has 20 heavy (non-hydrogen) atoms. The lowest BCUT2D eigenvalue weighted by molar-refractivity contribution is -0.174. The van der Waals surface area contributed by atoms with Gasteiger partial charge in [-0.15, -0.1) is 0 Å². The fraction of sp³-hybridized carbons (Fsp3) is 0.667. The third-order valence-corrected chi connectivity index (χ3v) is 5.64. The monoisotopic (exact) mass is 274 g/mol. The summed E-state index contributed by atoms with van der Waals surface area (Å²) in [7, 11) is 0. The molecule has 1 saturated carbocycles. The van der Waals surface area contributed by atoms with Gasteiger partial charge in [-0.1, -0.05) is 18.2 Å². The highest BCUT2D eigenvalue weighted by Gasteiger charge is 2.47. The van der Waals surface area contributed by atoms with Crippen molar-refractivity contribution in [2.75, 3.05) is 6.61 Å². The predicted molar refractivity (Wildman–Crippen MR) is 80.7 cm³/mol. The van der Waals surface area contributed by atoms with E-state index >= 15 is 0 Å². The lowest BCUT2D eigenvalue weighted by Crippen LogP contribution is -2.49. The average Bonchev–Trinajstić information content (AvgIpc) is 2.40. The highest BCUT2D eigenvalue weighted by Crippen LogP contribution is 2.48. The van der Waals surface area contributed by atoms with Crippen molar-refractivity contribution in [3.05, 3.63) is 34.9 Å². The summed E-state index contributed by atoms with van der Waals surface area (Å²) in [5, 5.41) is 11.1. The predicted octanol–water partition coefficient (Wildman–Crippen LogP) is 3.86.